The second-order valence-electron chi connectivity index (χ2n) is 6.62. The smallest absolute Gasteiger partial charge is 0.319 e. The van der Waals surface area contributed by atoms with E-state index in [-0.39, 0.29) is 12.5 Å². The Bertz CT molecular complexity index is 886. The number of ether oxygens (including phenoxy) is 2. The first kappa shape index (κ1) is 20.5. The average molecular weight is 399 g/mol. The van der Waals surface area contributed by atoms with Crippen molar-refractivity contribution in [3.63, 3.8) is 0 Å². The van der Waals surface area contributed by atoms with Gasteiger partial charge in [0.15, 0.2) is 0 Å². The van der Waals surface area contributed by atoms with Gasteiger partial charge in [0.25, 0.3) is 0 Å². The van der Waals surface area contributed by atoms with Crippen molar-refractivity contribution < 1.29 is 24.2 Å². The van der Waals surface area contributed by atoms with Crippen LogP contribution < -0.4 is 25.0 Å². The first-order valence-electron chi connectivity index (χ1n) is 9.37. The van der Waals surface area contributed by atoms with Crippen LogP contribution in [0, 0.1) is 0 Å². The Kier molecular flexibility index (Phi) is 6.56. The lowest BCUT2D eigenvalue weighted by Gasteiger charge is -2.20. The number of carbonyl (C=O) groups excluding carboxylic acids is 2. The largest absolute Gasteiger partial charge is 0.497 e. The zero-order valence-electron chi connectivity index (χ0n) is 16.5. The maximum atomic E-state index is 12.4. The molecule has 3 rings (SSSR count). The van der Waals surface area contributed by atoms with Gasteiger partial charge in [-0.05, 0) is 36.8 Å². The summed E-state index contributed by atoms with van der Waals surface area (Å²) >= 11 is 0. The molecule has 8 nitrogen and oxygen atoms in total. The number of nitrogens with zero attached hydrogens (tertiary/aromatic N) is 1. The number of aliphatic hydroxyl groups is 1. The van der Waals surface area contributed by atoms with E-state index < -0.39 is 12.1 Å². The monoisotopic (exact) mass is 399 g/mol. The number of amides is 3. The number of para-hydroxylation sites is 2. The second kappa shape index (κ2) is 9.29. The third kappa shape index (κ3) is 4.78. The number of nitrogens with one attached hydrogen (secondary N) is 2. The minimum absolute atomic E-state index is 0.0276. The maximum Gasteiger partial charge on any atom is 0.319 e. The standard InChI is InChI=1S/C21H25N3O5/c1-28-14-9-10-19(29-2)15(12-14)18(25)13-22-21(27)23-16-6-3-4-7-17(16)24-11-5-8-20(24)26/h3-4,6-7,9-10,12,18,25H,5,8,11,13H2,1-2H3,(H2,22,23,27). The molecule has 0 aliphatic carbocycles. The SMILES string of the molecule is COc1ccc(OC)c(C(O)CNC(=O)Nc2ccccc2N2CCCC2=O)c1. The number of rotatable bonds is 7. The van der Waals surface area contributed by atoms with Gasteiger partial charge >= 0.3 is 6.03 Å². The van der Waals surface area contributed by atoms with Crippen molar-refractivity contribution >= 4 is 23.3 Å². The summed E-state index contributed by atoms with van der Waals surface area (Å²) in [5, 5.41) is 15.9. The van der Waals surface area contributed by atoms with E-state index in [0.29, 0.717) is 41.4 Å². The van der Waals surface area contributed by atoms with E-state index in [9.17, 15) is 14.7 Å². The third-order valence-electron chi connectivity index (χ3n) is 4.77. The Morgan fingerprint density at radius 1 is 1.21 bits per heavy atom. The van der Waals surface area contributed by atoms with E-state index in [1.54, 1.807) is 41.3 Å². The van der Waals surface area contributed by atoms with Crippen LogP contribution in [-0.4, -0.2) is 44.4 Å². The van der Waals surface area contributed by atoms with E-state index in [2.05, 4.69) is 10.6 Å². The molecule has 1 saturated heterocycles. The molecular formula is C21H25N3O5. The summed E-state index contributed by atoms with van der Waals surface area (Å²) < 4.78 is 10.5. The van der Waals surface area contributed by atoms with Crippen LogP contribution in [0.3, 0.4) is 0 Å². The molecule has 1 aliphatic heterocycles. The molecule has 2 aromatic rings. The van der Waals surface area contributed by atoms with Crippen LogP contribution in [0.15, 0.2) is 42.5 Å². The fourth-order valence-electron chi connectivity index (χ4n) is 3.28. The first-order valence-corrected chi connectivity index (χ1v) is 9.37. The molecule has 2 aromatic carbocycles. The van der Waals surface area contributed by atoms with E-state index in [1.807, 2.05) is 6.07 Å². The van der Waals surface area contributed by atoms with E-state index in [1.165, 1.54) is 14.2 Å². The van der Waals surface area contributed by atoms with E-state index >= 15 is 0 Å². The van der Waals surface area contributed by atoms with Crippen molar-refractivity contribution in [2.45, 2.75) is 18.9 Å². The predicted octanol–water partition coefficient (Wildman–Crippen LogP) is 2.69. The number of anilines is 2. The molecule has 154 valence electrons. The molecule has 0 bridgehead atoms. The van der Waals surface area contributed by atoms with Crippen molar-refractivity contribution in [1.29, 1.82) is 0 Å². The van der Waals surface area contributed by atoms with Crippen LogP contribution >= 0.6 is 0 Å². The zero-order chi connectivity index (χ0) is 20.8. The summed E-state index contributed by atoms with van der Waals surface area (Å²) in [6.45, 7) is 0.605. The highest BCUT2D eigenvalue weighted by molar-refractivity contribution is 6.01. The number of carbonyl (C=O) groups is 2. The molecule has 1 atom stereocenters. The molecule has 8 heteroatoms. The summed E-state index contributed by atoms with van der Waals surface area (Å²) in [6, 6.07) is 11.8. The Morgan fingerprint density at radius 2 is 2.00 bits per heavy atom. The first-order chi connectivity index (χ1) is 14.0. The van der Waals surface area contributed by atoms with Crippen LogP contribution in [0.25, 0.3) is 0 Å². The number of benzene rings is 2. The lowest BCUT2D eigenvalue weighted by atomic mass is 10.1. The van der Waals surface area contributed by atoms with Crippen LogP contribution in [0.4, 0.5) is 16.2 Å². The summed E-state index contributed by atoms with van der Waals surface area (Å²) in [7, 11) is 3.04. The molecule has 0 radical (unpaired) electrons. The normalized spacial score (nSPS) is 14.4. The Morgan fingerprint density at radius 3 is 2.69 bits per heavy atom. The minimum Gasteiger partial charge on any atom is -0.497 e. The molecule has 0 saturated carbocycles. The topological polar surface area (TPSA) is 100 Å². The van der Waals surface area contributed by atoms with Crippen molar-refractivity contribution in [1.82, 2.24) is 5.32 Å². The Hall–Kier alpha value is -3.26. The number of urea groups is 1. The average Bonchev–Trinajstić information content (AvgIpc) is 3.17. The van der Waals surface area contributed by atoms with Gasteiger partial charge in [-0.25, -0.2) is 4.79 Å². The fraction of sp³-hybridized carbons (Fsp3) is 0.333. The van der Waals surface area contributed by atoms with Gasteiger partial charge in [0.05, 0.1) is 25.6 Å². The predicted molar refractivity (Wildman–Crippen MR) is 110 cm³/mol. The van der Waals surface area contributed by atoms with Crippen molar-refractivity contribution in [2.24, 2.45) is 0 Å². The summed E-state index contributed by atoms with van der Waals surface area (Å²) in [4.78, 5) is 26.1. The van der Waals surface area contributed by atoms with Gasteiger partial charge in [-0.1, -0.05) is 12.1 Å². The fourth-order valence-corrected chi connectivity index (χ4v) is 3.28. The molecule has 0 aromatic heterocycles. The van der Waals surface area contributed by atoms with Gasteiger partial charge < -0.3 is 30.1 Å². The van der Waals surface area contributed by atoms with Gasteiger partial charge in [-0.2, -0.15) is 0 Å². The molecular weight excluding hydrogens is 374 g/mol. The minimum atomic E-state index is -0.985. The summed E-state index contributed by atoms with van der Waals surface area (Å²) in [6.07, 6.45) is 0.324. The third-order valence-corrected chi connectivity index (χ3v) is 4.77. The van der Waals surface area contributed by atoms with E-state index in [0.717, 1.165) is 6.42 Å². The molecule has 3 N–H and O–H groups in total. The lowest BCUT2D eigenvalue weighted by Crippen LogP contribution is -2.33. The maximum absolute atomic E-state index is 12.4. The van der Waals surface area contributed by atoms with Gasteiger partial charge in [-0.15, -0.1) is 0 Å². The highest BCUT2D eigenvalue weighted by Crippen LogP contribution is 2.30. The molecule has 1 heterocycles. The van der Waals surface area contributed by atoms with Crippen LogP contribution in [-0.2, 0) is 4.79 Å². The van der Waals surface area contributed by atoms with Crippen molar-refractivity contribution in [2.75, 3.05) is 37.5 Å². The van der Waals surface area contributed by atoms with Gasteiger partial charge in [0.1, 0.15) is 17.6 Å². The van der Waals surface area contributed by atoms with Crippen molar-refractivity contribution in [3.05, 3.63) is 48.0 Å². The Balaban J connectivity index is 1.65. The second-order valence-corrected chi connectivity index (χ2v) is 6.62. The van der Waals surface area contributed by atoms with Crippen molar-refractivity contribution in [3.8, 4) is 11.5 Å². The van der Waals surface area contributed by atoms with Crippen LogP contribution in [0.2, 0.25) is 0 Å². The van der Waals surface area contributed by atoms with Gasteiger partial charge in [-0.3, -0.25) is 4.79 Å². The summed E-state index contributed by atoms with van der Waals surface area (Å²) in [5.41, 5.74) is 1.71. The Labute approximate surface area is 169 Å². The molecule has 1 aliphatic rings. The zero-order valence-corrected chi connectivity index (χ0v) is 16.5. The quantitative estimate of drug-likeness (QED) is 0.665. The molecule has 3 amide bonds. The van der Waals surface area contributed by atoms with Crippen LogP contribution in [0.1, 0.15) is 24.5 Å². The number of aliphatic hydroxyl groups excluding tert-OH is 1. The molecule has 1 unspecified atom stereocenters. The van der Waals surface area contributed by atoms with Gasteiger partial charge in [0, 0.05) is 25.1 Å². The van der Waals surface area contributed by atoms with E-state index in [4.69, 9.17) is 9.47 Å². The van der Waals surface area contributed by atoms with Crippen LogP contribution in [0.5, 0.6) is 11.5 Å². The summed E-state index contributed by atoms with van der Waals surface area (Å²) in [5.74, 6) is 1.12. The van der Waals surface area contributed by atoms with Gasteiger partial charge in [0.2, 0.25) is 5.91 Å². The number of hydrogen-bond acceptors (Lipinski definition) is 5. The molecule has 1 fully saturated rings. The lowest BCUT2D eigenvalue weighted by molar-refractivity contribution is -0.117. The highest BCUT2D eigenvalue weighted by atomic mass is 16.5. The molecule has 0 spiro atoms. The number of methoxy groups -OCH3 is 2. The molecule has 29 heavy (non-hydrogen) atoms. The highest BCUT2D eigenvalue weighted by Gasteiger charge is 2.24. The number of hydrogen-bond donors (Lipinski definition) is 3.